The van der Waals surface area contributed by atoms with Crippen LogP contribution in [0.4, 0.5) is 11.5 Å². The van der Waals surface area contributed by atoms with Gasteiger partial charge in [-0.25, -0.2) is 4.98 Å². The predicted octanol–water partition coefficient (Wildman–Crippen LogP) is 5.48. The summed E-state index contributed by atoms with van der Waals surface area (Å²) in [5.41, 5.74) is 6.07. The SMILES string of the molecule is COc1cc(Nc2cc3cccc(-c4ccc5nc[nH]c5c4)c3[nH]2)cc(OC)c1OC. The average Bonchev–Trinajstić information content (AvgIpc) is 3.43. The number of imidazole rings is 1. The number of hydrogen-bond donors (Lipinski definition) is 3. The first kappa shape index (κ1) is 18.9. The molecule has 0 atom stereocenters. The molecule has 31 heavy (non-hydrogen) atoms. The van der Waals surface area contributed by atoms with Crippen LogP contribution in [0.25, 0.3) is 33.1 Å². The van der Waals surface area contributed by atoms with Crippen molar-refractivity contribution in [3.8, 4) is 28.4 Å². The van der Waals surface area contributed by atoms with Gasteiger partial charge in [-0.3, -0.25) is 0 Å². The molecular weight excluding hydrogens is 392 g/mol. The van der Waals surface area contributed by atoms with Crippen molar-refractivity contribution in [2.24, 2.45) is 0 Å². The van der Waals surface area contributed by atoms with Gasteiger partial charge in [0.05, 0.1) is 44.2 Å². The lowest BCUT2D eigenvalue weighted by atomic mass is 10.0. The van der Waals surface area contributed by atoms with Gasteiger partial charge in [0.2, 0.25) is 5.75 Å². The lowest BCUT2D eigenvalue weighted by molar-refractivity contribution is 0.324. The molecule has 0 unspecified atom stereocenters. The van der Waals surface area contributed by atoms with Gasteiger partial charge in [0, 0.05) is 28.8 Å². The van der Waals surface area contributed by atoms with E-state index in [0.717, 1.165) is 44.6 Å². The number of anilines is 2. The largest absolute Gasteiger partial charge is 0.493 e. The number of H-pyrrole nitrogens is 2. The lowest BCUT2D eigenvalue weighted by Crippen LogP contribution is -1.98. The quantitative estimate of drug-likeness (QED) is 0.343. The Kier molecular flexibility index (Phi) is 4.63. The molecule has 0 aliphatic rings. The van der Waals surface area contributed by atoms with Crippen molar-refractivity contribution in [1.29, 1.82) is 0 Å². The Hall–Kier alpha value is -4.13. The number of benzene rings is 3. The third-order valence-corrected chi connectivity index (χ3v) is 5.33. The van der Waals surface area contributed by atoms with E-state index in [9.17, 15) is 0 Å². The van der Waals surface area contributed by atoms with Crippen LogP contribution in [0.15, 0.2) is 60.9 Å². The maximum Gasteiger partial charge on any atom is 0.203 e. The van der Waals surface area contributed by atoms with Crippen LogP contribution in [-0.4, -0.2) is 36.3 Å². The van der Waals surface area contributed by atoms with Gasteiger partial charge in [-0.1, -0.05) is 24.3 Å². The van der Waals surface area contributed by atoms with E-state index < -0.39 is 0 Å². The van der Waals surface area contributed by atoms with Gasteiger partial charge in [0.15, 0.2) is 11.5 Å². The van der Waals surface area contributed by atoms with Crippen molar-refractivity contribution >= 4 is 33.4 Å². The number of aromatic nitrogens is 3. The first-order valence-electron chi connectivity index (χ1n) is 9.82. The zero-order valence-corrected chi connectivity index (χ0v) is 17.4. The molecule has 0 amide bonds. The molecule has 0 radical (unpaired) electrons. The summed E-state index contributed by atoms with van der Waals surface area (Å²) in [4.78, 5) is 11.0. The molecule has 0 saturated carbocycles. The molecule has 2 aromatic heterocycles. The second-order valence-electron chi connectivity index (χ2n) is 7.13. The highest BCUT2D eigenvalue weighted by atomic mass is 16.5. The van der Waals surface area contributed by atoms with Gasteiger partial charge >= 0.3 is 0 Å². The smallest absolute Gasteiger partial charge is 0.203 e. The van der Waals surface area contributed by atoms with Gasteiger partial charge in [0.25, 0.3) is 0 Å². The molecule has 0 aliphatic heterocycles. The van der Waals surface area contributed by atoms with Crippen LogP contribution >= 0.6 is 0 Å². The van der Waals surface area contributed by atoms with E-state index in [1.54, 1.807) is 27.7 Å². The molecule has 0 bridgehead atoms. The third-order valence-electron chi connectivity index (χ3n) is 5.33. The van der Waals surface area contributed by atoms with E-state index in [0.29, 0.717) is 17.2 Å². The Labute approximate surface area is 179 Å². The van der Waals surface area contributed by atoms with Gasteiger partial charge in [-0.05, 0) is 23.8 Å². The minimum atomic E-state index is 0.559. The minimum absolute atomic E-state index is 0.559. The van der Waals surface area contributed by atoms with Crippen LogP contribution in [0.2, 0.25) is 0 Å². The Morgan fingerprint density at radius 2 is 1.68 bits per heavy atom. The number of hydrogen-bond acceptors (Lipinski definition) is 5. The molecule has 7 heteroatoms. The van der Waals surface area contributed by atoms with Crippen molar-refractivity contribution in [3.63, 3.8) is 0 Å². The molecule has 2 heterocycles. The number of rotatable bonds is 6. The minimum Gasteiger partial charge on any atom is -0.493 e. The van der Waals surface area contributed by atoms with E-state index in [-0.39, 0.29) is 0 Å². The highest BCUT2D eigenvalue weighted by Crippen LogP contribution is 2.41. The molecule has 0 saturated heterocycles. The zero-order chi connectivity index (χ0) is 21.4. The van der Waals surface area contributed by atoms with Gasteiger partial charge in [-0.15, -0.1) is 0 Å². The van der Waals surface area contributed by atoms with Crippen molar-refractivity contribution in [2.45, 2.75) is 0 Å². The normalized spacial score (nSPS) is 11.1. The standard InChI is InChI=1S/C24H22N4O3/c1-29-20-11-16(12-21(30-2)24(20)31-3)27-22-10-15-5-4-6-17(23(15)28-22)14-7-8-18-19(9-14)26-13-25-18/h4-13,27-28H,1-3H3,(H,25,26). The lowest BCUT2D eigenvalue weighted by Gasteiger charge is -2.14. The highest BCUT2D eigenvalue weighted by Gasteiger charge is 2.14. The number of methoxy groups -OCH3 is 3. The molecule has 0 fully saturated rings. The van der Waals surface area contributed by atoms with Gasteiger partial charge in [-0.2, -0.15) is 0 Å². The molecule has 3 aromatic carbocycles. The van der Waals surface area contributed by atoms with Crippen molar-refractivity contribution in [2.75, 3.05) is 26.6 Å². The van der Waals surface area contributed by atoms with Crippen molar-refractivity contribution in [3.05, 3.63) is 60.9 Å². The monoisotopic (exact) mass is 414 g/mol. The van der Waals surface area contributed by atoms with Gasteiger partial charge in [0.1, 0.15) is 5.82 Å². The molecule has 156 valence electrons. The molecule has 0 aliphatic carbocycles. The summed E-state index contributed by atoms with van der Waals surface area (Å²) in [6.45, 7) is 0. The Balaban J connectivity index is 1.54. The van der Waals surface area contributed by atoms with Crippen molar-refractivity contribution < 1.29 is 14.2 Å². The zero-order valence-electron chi connectivity index (χ0n) is 17.4. The molecule has 7 nitrogen and oxygen atoms in total. The van der Waals surface area contributed by atoms with Gasteiger partial charge < -0.3 is 29.5 Å². The summed E-state index contributed by atoms with van der Waals surface area (Å²) in [6.07, 6.45) is 1.71. The highest BCUT2D eigenvalue weighted by molar-refractivity contribution is 5.98. The summed E-state index contributed by atoms with van der Waals surface area (Å²) in [6, 6.07) is 18.3. The topological polar surface area (TPSA) is 84.2 Å². The van der Waals surface area contributed by atoms with Crippen LogP contribution in [0, 0.1) is 0 Å². The van der Waals surface area contributed by atoms with Crippen LogP contribution in [0.5, 0.6) is 17.2 Å². The van der Waals surface area contributed by atoms with Crippen molar-refractivity contribution in [1.82, 2.24) is 15.0 Å². The molecule has 0 spiro atoms. The first-order chi connectivity index (χ1) is 15.2. The maximum absolute atomic E-state index is 5.46. The summed E-state index contributed by atoms with van der Waals surface area (Å²) in [7, 11) is 4.80. The predicted molar refractivity (Wildman–Crippen MR) is 123 cm³/mol. The molecular formula is C24H22N4O3. The van der Waals surface area contributed by atoms with Crippen LogP contribution in [0.1, 0.15) is 0 Å². The summed E-state index contributed by atoms with van der Waals surface area (Å²) in [5, 5.41) is 4.52. The fourth-order valence-corrected chi connectivity index (χ4v) is 3.88. The van der Waals surface area contributed by atoms with E-state index >= 15 is 0 Å². The molecule has 3 N–H and O–H groups in total. The number of aromatic amines is 2. The first-order valence-corrected chi connectivity index (χ1v) is 9.82. The number of para-hydroxylation sites is 1. The van der Waals surface area contributed by atoms with E-state index in [4.69, 9.17) is 14.2 Å². The second kappa shape index (κ2) is 7.60. The number of fused-ring (bicyclic) bond motifs is 2. The number of nitrogens with zero attached hydrogens (tertiary/aromatic N) is 1. The van der Waals surface area contributed by atoms with Crippen LogP contribution in [0.3, 0.4) is 0 Å². The van der Waals surface area contributed by atoms with Crippen LogP contribution < -0.4 is 19.5 Å². The van der Waals surface area contributed by atoms with E-state index in [1.807, 2.05) is 18.2 Å². The Morgan fingerprint density at radius 3 is 2.42 bits per heavy atom. The number of ether oxygens (including phenoxy) is 3. The Morgan fingerprint density at radius 1 is 0.871 bits per heavy atom. The Bertz CT molecular complexity index is 1360. The summed E-state index contributed by atoms with van der Waals surface area (Å²) < 4.78 is 16.3. The molecule has 5 aromatic rings. The fourth-order valence-electron chi connectivity index (χ4n) is 3.88. The molecule has 5 rings (SSSR count). The summed E-state index contributed by atoms with van der Waals surface area (Å²) in [5.74, 6) is 2.60. The fraction of sp³-hybridized carbons (Fsp3) is 0.125. The third kappa shape index (κ3) is 3.30. The summed E-state index contributed by atoms with van der Waals surface area (Å²) >= 11 is 0. The number of nitrogens with one attached hydrogen (secondary N) is 3. The maximum atomic E-state index is 5.46. The van der Waals surface area contributed by atoms with Crippen LogP contribution in [-0.2, 0) is 0 Å². The average molecular weight is 414 g/mol. The second-order valence-corrected chi connectivity index (χ2v) is 7.13. The van der Waals surface area contributed by atoms with E-state index in [2.05, 4.69) is 56.7 Å². The van der Waals surface area contributed by atoms with E-state index in [1.165, 1.54) is 0 Å².